The van der Waals surface area contributed by atoms with Gasteiger partial charge in [0.2, 0.25) is 5.91 Å². The zero-order valence-electron chi connectivity index (χ0n) is 17.0. The average molecular weight is 457 g/mol. The number of para-hydroxylation sites is 1. The highest BCUT2D eigenvalue weighted by Crippen LogP contribution is 2.29. The first-order chi connectivity index (χ1) is 15.0. The van der Waals surface area contributed by atoms with Crippen molar-refractivity contribution in [3.8, 4) is 5.75 Å². The van der Waals surface area contributed by atoms with Crippen molar-refractivity contribution in [3.05, 3.63) is 94.0 Å². The Morgan fingerprint density at radius 3 is 2.29 bits per heavy atom. The number of nitrogens with zero attached hydrogens (tertiary/aromatic N) is 1. The Labute approximate surface area is 191 Å². The van der Waals surface area contributed by atoms with Crippen molar-refractivity contribution in [1.29, 1.82) is 0 Å². The Balaban J connectivity index is 1.65. The number of likely N-dealkylation sites (N-methyl/N-ethyl adjacent to an activating group) is 1. The highest BCUT2D eigenvalue weighted by molar-refractivity contribution is 6.39. The molecule has 0 spiro atoms. The van der Waals surface area contributed by atoms with E-state index in [0.717, 1.165) is 5.56 Å². The molecule has 31 heavy (non-hydrogen) atoms. The lowest BCUT2D eigenvalue weighted by atomic mass is 10.2. The van der Waals surface area contributed by atoms with Crippen LogP contribution in [0.1, 0.15) is 22.8 Å². The summed E-state index contributed by atoms with van der Waals surface area (Å²) in [6.45, 7) is 2.43. The van der Waals surface area contributed by atoms with Crippen molar-refractivity contribution >= 4 is 40.7 Å². The molecule has 7 heteroatoms. The fourth-order valence-electron chi connectivity index (χ4n) is 2.94. The van der Waals surface area contributed by atoms with Gasteiger partial charge in [0.05, 0.1) is 15.7 Å². The van der Waals surface area contributed by atoms with Crippen molar-refractivity contribution in [1.82, 2.24) is 4.90 Å². The van der Waals surface area contributed by atoms with Gasteiger partial charge in [0.1, 0.15) is 18.9 Å². The van der Waals surface area contributed by atoms with Crippen LogP contribution in [-0.4, -0.2) is 29.8 Å². The van der Waals surface area contributed by atoms with Gasteiger partial charge in [-0.1, -0.05) is 65.7 Å². The molecule has 160 valence electrons. The quantitative estimate of drug-likeness (QED) is 0.474. The Bertz CT molecular complexity index is 1040. The van der Waals surface area contributed by atoms with E-state index in [2.05, 4.69) is 5.32 Å². The summed E-state index contributed by atoms with van der Waals surface area (Å²) in [5, 5.41) is 3.34. The van der Waals surface area contributed by atoms with E-state index in [9.17, 15) is 9.59 Å². The average Bonchev–Trinajstić information content (AvgIpc) is 2.79. The highest BCUT2D eigenvalue weighted by atomic mass is 35.5. The van der Waals surface area contributed by atoms with Gasteiger partial charge in [0.15, 0.2) is 0 Å². The SMILES string of the molecule is CCN(CC(=O)Nc1c(Cl)cccc1Cl)C(=O)c1cccc(OCc2ccccc2)c1. The van der Waals surface area contributed by atoms with Crippen LogP contribution < -0.4 is 10.1 Å². The summed E-state index contributed by atoms with van der Waals surface area (Å²) in [7, 11) is 0. The summed E-state index contributed by atoms with van der Waals surface area (Å²) in [5.74, 6) is -0.0761. The maximum absolute atomic E-state index is 13.0. The minimum atomic E-state index is -0.387. The molecule has 0 aliphatic heterocycles. The van der Waals surface area contributed by atoms with Crippen molar-refractivity contribution < 1.29 is 14.3 Å². The van der Waals surface area contributed by atoms with Crippen LogP contribution in [0.2, 0.25) is 10.0 Å². The van der Waals surface area contributed by atoms with Crippen LogP contribution in [-0.2, 0) is 11.4 Å². The van der Waals surface area contributed by atoms with Gasteiger partial charge in [-0.3, -0.25) is 9.59 Å². The number of ether oxygens (including phenoxy) is 1. The molecule has 0 heterocycles. The molecule has 2 amide bonds. The molecule has 0 fully saturated rings. The maximum Gasteiger partial charge on any atom is 0.254 e. The van der Waals surface area contributed by atoms with Gasteiger partial charge >= 0.3 is 0 Å². The van der Waals surface area contributed by atoms with E-state index in [1.807, 2.05) is 37.3 Å². The molecule has 3 rings (SSSR count). The number of benzene rings is 3. The minimum absolute atomic E-state index is 0.133. The summed E-state index contributed by atoms with van der Waals surface area (Å²) >= 11 is 12.2. The van der Waals surface area contributed by atoms with E-state index >= 15 is 0 Å². The molecule has 0 unspecified atom stereocenters. The first kappa shape index (κ1) is 22.7. The zero-order valence-corrected chi connectivity index (χ0v) is 18.5. The van der Waals surface area contributed by atoms with Crippen LogP contribution in [0.4, 0.5) is 5.69 Å². The summed E-state index contributed by atoms with van der Waals surface area (Å²) in [6.07, 6.45) is 0. The van der Waals surface area contributed by atoms with Gasteiger partial charge in [-0.15, -0.1) is 0 Å². The van der Waals surface area contributed by atoms with Crippen LogP contribution in [0.25, 0.3) is 0 Å². The Morgan fingerprint density at radius 2 is 1.61 bits per heavy atom. The predicted molar refractivity (Wildman–Crippen MR) is 124 cm³/mol. The molecule has 0 aromatic heterocycles. The summed E-state index contributed by atoms with van der Waals surface area (Å²) in [6, 6.07) is 21.6. The Morgan fingerprint density at radius 1 is 0.935 bits per heavy atom. The van der Waals surface area contributed by atoms with Crippen molar-refractivity contribution in [2.75, 3.05) is 18.4 Å². The van der Waals surface area contributed by atoms with E-state index < -0.39 is 0 Å². The number of nitrogens with one attached hydrogen (secondary N) is 1. The van der Waals surface area contributed by atoms with Crippen LogP contribution in [0.5, 0.6) is 5.75 Å². The van der Waals surface area contributed by atoms with Crippen molar-refractivity contribution in [3.63, 3.8) is 0 Å². The van der Waals surface area contributed by atoms with Crippen LogP contribution in [0.3, 0.4) is 0 Å². The van der Waals surface area contributed by atoms with Crippen LogP contribution >= 0.6 is 23.2 Å². The number of halogens is 2. The van der Waals surface area contributed by atoms with E-state index in [1.165, 1.54) is 4.90 Å². The Hall–Kier alpha value is -3.02. The summed E-state index contributed by atoms with van der Waals surface area (Å²) in [4.78, 5) is 26.9. The number of hydrogen-bond donors (Lipinski definition) is 1. The van der Waals surface area contributed by atoms with Crippen molar-refractivity contribution in [2.24, 2.45) is 0 Å². The van der Waals surface area contributed by atoms with Gasteiger partial charge in [0, 0.05) is 12.1 Å². The number of carbonyl (C=O) groups excluding carboxylic acids is 2. The predicted octanol–water partition coefficient (Wildman–Crippen LogP) is 5.67. The second-order valence-electron chi connectivity index (χ2n) is 6.77. The molecule has 1 N–H and O–H groups in total. The first-order valence-electron chi connectivity index (χ1n) is 9.78. The molecule has 0 radical (unpaired) electrons. The van der Waals surface area contributed by atoms with Crippen molar-refractivity contribution in [2.45, 2.75) is 13.5 Å². The molecule has 0 aliphatic carbocycles. The third-order valence-corrected chi connectivity index (χ3v) is 5.19. The topological polar surface area (TPSA) is 58.6 Å². The van der Waals surface area contributed by atoms with Gasteiger partial charge < -0.3 is 15.0 Å². The normalized spacial score (nSPS) is 10.4. The van der Waals surface area contributed by atoms with Gasteiger partial charge in [-0.25, -0.2) is 0 Å². The number of anilines is 1. The van der Waals surface area contributed by atoms with Crippen LogP contribution in [0.15, 0.2) is 72.8 Å². The first-order valence-corrected chi connectivity index (χ1v) is 10.5. The molecule has 3 aromatic carbocycles. The van der Waals surface area contributed by atoms with Crippen LogP contribution in [0, 0.1) is 0 Å². The van der Waals surface area contributed by atoms with E-state index in [1.54, 1.807) is 42.5 Å². The largest absolute Gasteiger partial charge is 0.489 e. The molecule has 0 saturated heterocycles. The fraction of sp³-hybridized carbons (Fsp3) is 0.167. The molecule has 0 atom stereocenters. The second kappa shape index (κ2) is 10.8. The lowest BCUT2D eigenvalue weighted by Gasteiger charge is -2.21. The van der Waals surface area contributed by atoms with E-state index in [4.69, 9.17) is 27.9 Å². The van der Waals surface area contributed by atoms with Gasteiger partial charge in [-0.2, -0.15) is 0 Å². The monoisotopic (exact) mass is 456 g/mol. The number of rotatable bonds is 8. The zero-order chi connectivity index (χ0) is 22.2. The molecule has 0 saturated carbocycles. The molecular weight excluding hydrogens is 435 g/mol. The smallest absolute Gasteiger partial charge is 0.254 e. The van der Waals surface area contributed by atoms with E-state index in [-0.39, 0.29) is 18.4 Å². The standard InChI is InChI=1S/C24H22Cl2N2O3/c1-2-28(15-22(29)27-23-20(25)12-7-13-21(23)26)24(30)18-10-6-11-19(14-18)31-16-17-8-4-3-5-9-17/h3-14H,2,15-16H2,1H3,(H,27,29). The van der Waals surface area contributed by atoms with Gasteiger partial charge in [-0.05, 0) is 42.8 Å². The molecule has 0 aliphatic rings. The number of hydrogen-bond acceptors (Lipinski definition) is 3. The number of carbonyl (C=O) groups is 2. The summed E-state index contributed by atoms with van der Waals surface area (Å²) < 4.78 is 5.80. The third-order valence-electron chi connectivity index (χ3n) is 4.56. The van der Waals surface area contributed by atoms with E-state index in [0.29, 0.717) is 40.2 Å². The molecule has 5 nitrogen and oxygen atoms in total. The lowest BCUT2D eigenvalue weighted by Crippen LogP contribution is -2.38. The Kier molecular flexibility index (Phi) is 7.93. The fourth-order valence-corrected chi connectivity index (χ4v) is 3.43. The highest BCUT2D eigenvalue weighted by Gasteiger charge is 2.19. The molecule has 0 bridgehead atoms. The second-order valence-corrected chi connectivity index (χ2v) is 7.58. The third kappa shape index (κ3) is 6.23. The number of amides is 2. The summed E-state index contributed by atoms with van der Waals surface area (Å²) in [5.41, 5.74) is 1.80. The maximum atomic E-state index is 13.0. The lowest BCUT2D eigenvalue weighted by molar-refractivity contribution is -0.116. The molecule has 3 aromatic rings. The molecular formula is C24H22Cl2N2O3. The minimum Gasteiger partial charge on any atom is -0.489 e. The van der Waals surface area contributed by atoms with Gasteiger partial charge in [0.25, 0.3) is 5.91 Å².